The zero-order valence-electron chi connectivity index (χ0n) is 16.4. The average molecular weight is 416 g/mol. The minimum atomic E-state index is -1.23. The molecule has 1 saturated heterocycles. The Morgan fingerprint density at radius 2 is 1.87 bits per heavy atom. The molecule has 1 aliphatic rings. The van der Waals surface area contributed by atoms with Gasteiger partial charge in [0, 0.05) is 24.9 Å². The highest BCUT2D eigenvalue weighted by Crippen LogP contribution is 2.23. The summed E-state index contributed by atoms with van der Waals surface area (Å²) in [6.45, 7) is 0.789. The molecule has 0 saturated carbocycles. The number of nitrogens with zero attached hydrogens (tertiary/aromatic N) is 3. The third kappa shape index (κ3) is 4.58. The number of unbranched alkanes of at least 4 members (excludes halogenated alkanes) is 2. The number of aliphatic carboxylic acids is 1. The van der Waals surface area contributed by atoms with Gasteiger partial charge in [-0.15, -0.1) is 0 Å². The van der Waals surface area contributed by atoms with E-state index in [1.807, 2.05) is 0 Å². The number of hydrogen-bond acceptors (Lipinski definition) is 5. The van der Waals surface area contributed by atoms with Gasteiger partial charge in [0.2, 0.25) is 5.91 Å². The first-order valence-electron chi connectivity index (χ1n) is 9.91. The lowest BCUT2D eigenvalue weighted by molar-refractivity contribution is -0.137. The zero-order valence-corrected chi connectivity index (χ0v) is 16.4. The molecule has 3 N–H and O–H groups in total. The first-order valence-corrected chi connectivity index (χ1v) is 9.91. The van der Waals surface area contributed by atoms with Crippen molar-refractivity contribution in [3.63, 3.8) is 0 Å². The maximum atomic E-state index is 13.1. The van der Waals surface area contributed by atoms with Gasteiger partial charge in [0.1, 0.15) is 6.04 Å². The van der Waals surface area contributed by atoms with E-state index in [1.54, 1.807) is 24.3 Å². The second-order valence-corrected chi connectivity index (χ2v) is 7.21. The van der Waals surface area contributed by atoms with E-state index in [9.17, 15) is 24.3 Å². The summed E-state index contributed by atoms with van der Waals surface area (Å²) < 4.78 is 1.05. The summed E-state index contributed by atoms with van der Waals surface area (Å²) in [6.07, 6.45) is 3.18. The van der Waals surface area contributed by atoms with Gasteiger partial charge in [-0.1, -0.05) is 24.6 Å². The molecular formula is C20H24N4O6. The molecule has 1 aliphatic heterocycles. The van der Waals surface area contributed by atoms with E-state index in [2.05, 4.69) is 10.4 Å². The van der Waals surface area contributed by atoms with Crippen LogP contribution >= 0.6 is 0 Å². The Bertz CT molecular complexity index is 969. The first kappa shape index (κ1) is 21.3. The molecule has 1 fully saturated rings. The number of hydrogen-bond donors (Lipinski definition) is 3. The number of fused-ring (bicyclic) bond motifs is 1. The van der Waals surface area contributed by atoms with E-state index in [4.69, 9.17) is 5.11 Å². The molecule has 0 spiro atoms. The van der Waals surface area contributed by atoms with Crippen LogP contribution in [0.25, 0.3) is 10.9 Å². The third-order valence-corrected chi connectivity index (χ3v) is 5.14. The van der Waals surface area contributed by atoms with E-state index in [0.717, 1.165) is 4.68 Å². The Kier molecular flexibility index (Phi) is 6.65. The van der Waals surface area contributed by atoms with Crippen molar-refractivity contribution in [1.82, 2.24) is 20.0 Å². The van der Waals surface area contributed by atoms with Crippen molar-refractivity contribution in [1.29, 1.82) is 0 Å². The van der Waals surface area contributed by atoms with Gasteiger partial charge in [0.25, 0.3) is 0 Å². The van der Waals surface area contributed by atoms with Gasteiger partial charge >= 0.3 is 18.0 Å². The Hall–Kier alpha value is -3.43. The molecule has 0 bridgehead atoms. The highest BCUT2D eigenvalue weighted by Gasteiger charge is 2.36. The number of benzene rings is 1. The normalized spacial score (nSPS) is 16.0. The van der Waals surface area contributed by atoms with Gasteiger partial charge < -0.3 is 20.4 Å². The fraction of sp³-hybridized carbons (Fsp3) is 0.450. The van der Waals surface area contributed by atoms with Crippen molar-refractivity contribution in [2.45, 2.75) is 44.6 Å². The highest BCUT2D eigenvalue weighted by molar-refractivity contribution is 6.04. The quantitative estimate of drug-likeness (QED) is 0.558. The number of carbonyl (C=O) groups excluding carboxylic acids is 2. The average Bonchev–Trinajstić information content (AvgIpc) is 3.35. The smallest absolute Gasteiger partial charge is 0.357 e. The van der Waals surface area contributed by atoms with Crippen molar-refractivity contribution in [3.8, 4) is 0 Å². The van der Waals surface area contributed by atoms with E-state index in [1.165, 1.54) is 4.90 Å². The van der Waals surface area contributed by atoms with Gasteiger partial charge in [0.05, 0.1) is 5.52 Å². The topological polar surface area (TPSA) is 142 Å². The number of rotatable bonds is 8. The second kappa shape index (κ2) is 9.38. The number of aromatic carboxylic acids is 1. The van der Waals surface area contributed by atoms with Crippen LogP contribution < -0.4 is 5.32 Å². The molecule has 2 heterocycles. The fourth-order valence-electron chi connectivity index (χ4n) is 3.67. The maximum Gasteiger partial charge on any atom is 0.357 e. The summed E-state index contributed by atoms with van der Waals surface area (Å²) in [5.74, 6) is -2.33. The van der Waals surface area contributed by atoms with E-state index in [-0.39, 0.29) is 18.0 Å². The van der Waals surface area contributed by atoms with Gasteiger partial charge in [-0.25, -0.2) is 9.59 Å². The van der Waals surface area contributed by atoms with Crippen LogP contribution in [0.3, 0.4) is 0 Å². The SMILES string of the molecule is O=C(O)CCCCCNC(=O)[C@@H]1CCCN1C(=O)n1nc(C(=O)O)c2ccccc21. The minimum absolute atomic E-state index is 0.106. The third-order valence-electron chi connectivity index (χ3n) is 5.14. The standard InChI is InChI=1S/C20H24N4O6/c25-16(26)10-2-1-5-11-21-18(27)15-9-6-12-23(15)20(30)24-14-8-4-3-7-13(14)17(22-24)19(28)29/h3-4,7-8,15H,1-2,5-6,9-12H2,(H,21,27)(H,25,26)(H,28,29)/t15-/m0/s1. The fourth-order valence-corrected chi connectivity index (χ4v) is 3.67. The maximum absolute atomic E-state index is 13.1. The largest absolute Gasteiger partial charge is 0.481 e. The second-order valence-electron chi connectivity index (χ2n) is 7.21. The Balaban J connectivity index is 1.66. The molecule has 0 unspecified atom stereocenters. The molecule has 0 aliphatic carbocycles. The number of amides is 2. The summed E-state index contributed by atoms with van der Waals surface area (Å²) in [5.41, 5.74) is 0.171. The van der Waals surface area contributed by atoms with Crippen molar-refractivity contribution in [2.75, 3.05) is 13.1 Å². The molecule has 1 atom stereocenters. The summed E-state index contributed by atoms with van der Waals surface area (Å²) in [7, 11) is 0. The molecule has 2 amide bonds. The summed E-state index contributed by atoms with van der Waals surface area (Å²) in [4.78, 5) is 49.1. The minimum Gasteiger partial charge on any atom is -0.481 e. The molecule has 30 heavy (non-hydrogen) atoms. The van der Waals surface area contributed by atoms with Crippen molar-refractivity contribution >= 4 is 34.8 Å². The van der Waals surface area contributed by atoms with Crippen molar-refractivity contribution in [3.05, 3.63) is 30.0 Å². The lowest BCUT2D eigenvalue weighted by Gasteiger charge is -2.23. The van der Waals surface area contributed by atoms with Crippen LogP contribution in [-0.4, -0.2) is 67.9 Å². The number of para-hydroxylation sites is 1. The van der Waals surface area contributed by atoms with Crippen LogP contribution in [0.1, 0.15) is 49.0 Å². The van der Waals surface area contributed by atoms with E-state index in [0.29, 0.717) is 56.1 Å². The predicted molar refractivity (Wildman–Crippen MR) is 106 cm³/mol. The number of carboxylic acid groups (broad SMARTS) is 2. The molecule has 2 aromatic rings. The molecule has 0 radical (unpaired) electrons. The van der Waals surface area contributed by atoms with Crippen LogP contribution in [0.5, 0.6) is 0 Å². The molecule has 160 valence electrons. The monoisotopic (exact) mass is 416 g/mol. The number of nitrogens with one attached hydrogen (secondary N) is 1. The molecule has 10 nitrogen and oxygen atoms in total. The first-order chi connectivity index (χ1) is 14.4. The zero-order chi connectivity index (χ0) is 21.7. The number of aromatic nitrogens is 2. The van der Waals surface area contributed by atoms with Crippen molar-refractivity contribution < 1.29 is 29.4 Å². The number of carboxylic acids is 2. The highest BCUT2D eigenvalue weighted by atomic mass is 16.4. The van der Waals surface area contributed by atoms with Gasteiger partial charge in [0.15, 0.2) is 5.69 Å². The van der Waals surface area contributed by atoms with Crippen LogP contribution in [0.4, 0.5) is 4.79 Å². The Morgan fingerprint density at radius 1 is 1.10 bits per heavy atom. The van der Waals surface area contributed by atoms with Gasteiger partial charge in [-0.3, -0.25) is 9.59 Å². The van der Waals surface area contributed by atoms with Crippen molar-refractivity contribution in [2.24, 2.45) is 0 Å². The molecule has 3 rings (SSSR count). The van der Waals surface area contributed by atoms with E-state index >= 15 is 0 Å². The van der Waals surface area contributed by atoms with Crippen LogP contribution in [0.15, 0.2) is 24.3 Å². The molecular weight excluding hydrogens is 392 g/mol. The number of likely N-dealkylation sites (tertiary alicyclic amines) is 1. The Morgan fingerprint density at radius 3 is 2.60 bits per heavy atom. The lowest BCUT2D eigenvalue weighted by atomic mass is 10.2. The summed E-state index contributed by atoms with van der Waals surface area (Å²) >= 11 is 0. The van der Waals surface area contributed by atoms with Crippen LogP contribution in [0, 0.1) is 0 Å². The van der Waals surface area contributed by atoms with Gasteiger partial charge in [-0.2, -0.15) is 9.78 Å². The van der Waals surface area contributed by atoms with E-state index < -0.39 is 24.0 Å². The molecule has 10 heteroatoms. The Labute approximate surface area is 172 Å². The number of carbonyl (C=O) groups is 4. The van der Waals surface area contributed by atoms with Crippen LogP contribution in [0.2, 0.25) is 0 Å². The molecule has 1 aromatic heterocycles. The lowest BCUT2D eigenvalue weighted by Crippen LogP contribution is -2.47. The summed E-state index contributed by atoms with van der Waals surface area (Å²) in [6, 6.07) is 5.40. The summed E-state index contributed by atoms with van der Waals surface area (Å²) in [5, 5.41) is 25.2. The van der Waals surface area contributed by atoms with Crippen LogP contribution in [-0.2, 0) is 9.59 Å². The molecule has 1 aromatic carbocycles. The van der Waals surface area contributed by atoms with Gasteiger partial charge in [-0.05, 0) is 31.7 Å². The predicted octanol–water partition coefficient (Wildman–Crippen LogP) is 1.93.